The highest BCUT2D eigenvalue weighted by Crippen LogP contribution is 2.24. The number of allylic oxidation sites excluding steroid dienone is 1. The van der Waals surface area contributed by atoms with Gasteiger partial charge in [-0.1, -0.05) is 19.1 Å². The molecule has 0 spiro atoms. The van der Waals surface area contributed by atoms with Gasteiger partial charge in [-0.3, -0.25) is 4.79 Å². The molecule has 0 bridgehead atoms. The van der Waals surface area contributed by atoms with Gasteiger partial charge in [0.15, 0.2) is 5.78 Å². The van der Waals surface area contributed by atoms with Gasteiger partial charge >= 0.3 is 5.97 Å². The van der Waals surface area contributed by atoms with Crippen molar-refractivity contribution in [3.8, 4) is 0 Å². The molecule has 0 aliphatic carbocycles. The maximum Gasteiger partial charge on any atom is 0.337 e. The number of hydrogen-bond acceptors (Lipinski definition) is 3. The summed E-state index contributed by atoms with van der Waals surface area (Å²) in [5.74, 6) is -0.382. The highest BCUT2D eigenvalue weighted by Gasteiger charge is 2.13. The lowest BCUT2D eigenvalue weighted by molar-refractivity contribution is 0.0600. The number of aromatic nitrogens is 1. The second kappa shape index (κ2) is 5.74. The third-order valence-electron chi connectivity index (χ3n) is 3.14. The van der Waals surface area contributed by atoms with Crippen molar-refractivity contribution in [2.75, 3.05) is 7.11 Å². The number of fused-ring (bicyclic) bond motifs is 1. The summed E-state index contributed by atoms with van der Waals surface area (Å²) in [5.41, 5.74) is 1.94. The fourth-order valence-corrected chi connectivity index (χ4v) is 2.12. The van der Waals surface area contributed by atoms with E-state index in [4.69, 9.17) is 4.74 Å². The van der Waals surface area contributed by atoms with Crippen molar-refractivity contribution in [3.63, 3.8) is 0 Å². The lowest BCUT2D eigenvalue weighted by atomic mass is 10.1. The molecule has 0 fully saturated rings. The lowest BCUT2D eigenvalue weighted by Gasteiger charge is -2.02. The summed E-state index contributed by atoms with van der Waals surface area (Å²) < 4.78 is 6.59. The van der Waals surface area contributed by atoms with Crippen LogP contribution in [0, 0.1) is 0 Å². The maximum absolute atomic E-state index is 11.7. The zero-order valence-electron chi connectivity index (χ0n) is 11.8. The number of ketones is 1. The van der Waals surface area contributed by atoms with Crippen LogP contribution >= 0.6 is 0 Å². The minimum atomic E-state index is -0.386. The number of benzene rings is 1. The Hall–Kier alpha value is -2.36. The Morgan fingerprint density at radius 2 is 2.10 bits per heavy atom. The van der Waals surface area contributed by atoms with Crippen LogP contribution in [0.2, 0.25) is 0 Å². The molecule has 0 aliphatic rings. The van der Waals surface area contributed by atoms with Crippen molar-refractivity contribution < 1.29 is 14.3 Å². The van der Waals surface area contributed by atoms with Gasteiger partial charge in [0, 0.05) is 23.3 Å². The molecular formula is C16H17NO3. The van der Waals surface area contributed by atoms with Crippen molar-refractivity contribution in [1.82, 2.24) is 4.57 Å². The molecule has 2 aromatic rings. The number of carbonyl (C=O) groups excluding carboxylic acids is 2. The quantitative estimate of drug-likeness (QED) is 0.631. The van der Waals surface area contributed by atoms with E-state index < -0.39 is 0 Å². The van der Waals surface area contributed by atoms with Gasteiger partial charge in [0.1, 0.15) is 0 Å². The first kappa shape index (κ1) is 14.1. The zero-order valence-corrected chi connectivity index (χ0v) is 11.8. The standard InChI is InChI=1S/C16H17NO3/c1-4-5-8-17-10-14(11(2)18)13-7-6-12(9-15(13)17)16(19)20-3/h5-10H,4H2,1-3H3. The summed E-state index contributed by atoms with van der Waals surface area (Å²) >= 11 is 0. The summed E-state index contributed by atoms with van der Waals surface area (Å²) in [7, 11) is 1.35. The molecule has 0 amide bonds. The number of esters is 1. The minimum Gasteiger partial charge on any atom is -0.465 e. The largest absolute Gasteiger partial charge is 0.465 e. The minimum absolute atomic E-state index is 0.00414. The van der Waals surface area contributed by atoms with Gasteiger partial charge < -0.3 is 9.30 Å². The zero-order chi connectivity index (χ0) is 14.7. The summed E-state index contributed by atoms with van der Waals surface area (Å²) in [6, 6.07) is 5.21. The molecule has 20 heavy (non-hydrogen) atoms. The first-order valence-electron chi connectivity index (χ1n) is 6.49. The van der Waals surface area contributed by atoms with Crippen LogP contribution in [0.3, 0.4) is 0 Å². The van der Waals surface area contributed by atoms with Crippen molar-refractivity contribution in [2.24, 2.45) is 0 Å². The van der Waals surface area contributed by atoms with E-state index in [2.05, 4.69) is 0 Å². The fraction of sp³-hybridized carbons (Fsp3) is 0.250. The number of rotatable bonds is 4. The highest BCUT2D eigenvalue weighted by atomic mass is 16.5. The molecule has 0 saturated heterocycles. The first-order valence-corrected chi connectivity index (χ1v) is 6.49. The van der Waals surface area contributed by atoms with Crippen molar-refractivity contribution in [2.45, 2.75) is 20.3 Å². The van der Waals surface area contributed by atoms with E-state index in [0.717, 1.165) is 17.3 Å². The molecule has 104 valence electrons. The molecule has 1 aromatic carbocycles. The second-order valence-corrected chi connectivity index (χ2v) is 4.52. The van der Waals surface area contributed by atoms with E-state index in [1.54, 1.807) is 24.4 Å². The summed E-state index contributed by atoms with van der Waals surface area (Å²) in [5, 5.41) is 0.839. The number of ether oxygens (including phenoxy) is 1. The Labute approximate surface area is 117 Å². The van der Waals surface area contributed by atoms with E-state index in [1.807, 2.05) is 23.8 Å². The third kappa shape index (κ3) is 2.50. The van der Waals surface area contributed by atoms with Crippen LogP contribution in [0.4, 0.5) is 0 Å². The Balaban J connectivity index is 2.67. The molecule has 2 rings (SSSR count). The van der Waals surface area contributed by atoms with Gasteiger partial charge in [0.05, 0.1) is 18.2 Å². The Morgan fingerprint density at radius 1 is 1.35 bits per heavy atom. The van der Waals surface area contributed by atoms with E-state index >= 15 is 0 Å². The third-order valence-corrected chi connectivity index (χ3v) is 3.14. The van der Waals surface area contributed by atoms with Crippen LogP contribution in [0.1, 0.15) is 41.0 Å². The van der Waals surface area contributed by atoms with Crippen LogP contribution in [0.25, 0.3) is 17.1 Å². The predicted octanol–water partition coefficient (Wildman–Crippen LogP) is 3.51. The second-order valence-electron chi connectivity index (χ2n) is 4.52. The topological polar surface area (TPSA) is 48.3 Å². The van der Waals surface area contributed by atoms with Crippen LogP contribution < -0.4 is 0 Å². The van der Waals surface area contributed by atoms with E-state index in [-0.39, 0.29) is 11.8 Å². The molecule has 0 aliphatic heterocycles. The van der Waals surface area contributed by atoms with Crippen molar-refractivity contribution in [1.29, 1.82) is 0 Å². The summed E-state index contributed by atoms with van der Waals surface area (Å²) in [6.07, 6.45) is 6.58. The Kier molecular flexibility index (Phi) is 4.03. The van der Waals surface area contributed by atoms with Gasteiger partial charge in [-0.2, -0.15) is 0 Å². The van der Waals surface area contributed by atoms with Gasteiger partial charge in [-0.15, -0.1) is 0 Å². The molecule has 1 aromatic heterocycles. The SMILES string of the molecule is CCC=Cn1cc(C(C)=O)c2ccc(C(=O)OC)cc21. The van der Waals surface area contributed by atoms with Gasteiger partial charge in [0.25, 0.3) is 0 Å². The van der Waals surface area contributed by atoms with Crippen LogP contribution in [-0.2, 0) is 4.74 Å². The molecule has 0 atom stereocenters. The molecule has 0 unspecified atom stereocenters. The van der Waals surface area contributed by atoms with Crippen molar-refractivity contribution >= 4 is 28.9 Å². The van der Waals surface area contributed by atoms with E-state index in [1.165, 1.54) is 14.0 Å². The molecule has 0 saturated carbocycles. The van der Waals surface area contributed by atoms with Gasteiger partial charge in [-0.25, -0.2) is 4.79 Å². The van der Waals surface area contributed by atoms with Crippen LogP contribution in [-0.4, -0.2) is 23.4 Å². The normalized spacial score (nSPS) is 11.2. The molecule has 0 N–H and O–H groups in total. The van der Waals surface area contributed by atoms with Gasteiger partial charge in [0.2, 0.25) is 0 Å². The summed E-state index contributed by atoms with van der Waals surface area (Å²) in [6.45, 7) is 3.57. The Bertz CT molecular complexity index is 695. The maximum atomic E-state index is 11.7. The van der Waals surface area contributed by atoms with Gasteiger partial charge in [-0.05, 0) is 25.5 Å². The molecule has 4 heteroatoms. The molecular weight excluding hydrogens is 254 g/mol. The number of Topliss-reactive ketones (excluding diaryl/α,β-unsaturated/α-hetero) is 1. The average molecular weight is 271 g/mol. The predicted molar refractivity (Wildman–Crippen MR) is 78.9 cm³/mol. The lowest BCUT2D eigenvalue weighted by Crippen LogP contribution is -2.01. The van der Waals surface area contributed by atoms with E-state index in [9.17, 15) is 9.59 Å². The Morgan fingerprint density at radius 3 is 2.70 bits per heavy atom. The first-order chi connectivity index (χ1) is 9.58. The number of nitrogens with zero attached hydrogens (tertiary/aromatic N) is 1. The number of methoxy groups -OCH3 is 1. The van der Waals surface area contributed by atoms with E-state index in [0.29, 0.717) is 11.1 Å². The highest BCUT2D eigenvalue weighted by molar-refractivity contribution is 6.08. The smallest absolute Gasteiger partial charge is 0.337 e. The average Bonchev–Trinajstić information content (AvgIpc) is 2.82. The number of hydrogen-bond donors (Lipinski definition) is 0. The monoisotopic (exact) mass is 271 g/mol. The summed E-state index contributed by atoms with van der Waals surface area (Å²) in [4.78, 5) is 23.3. The van der Waals surface area contributed by atoms with Crippen LogP contribution in [0.15, 0.2) is 30.5 Å². The van der Waals surface area contributed by atoms with Crippen LogP contribution in [0.5, 0.6) is 0 Å². The molecule has 4 nitrogen and oxygen atoms in total. The number of carbonyl (C=O) groups is 2. The fourth-order valence-electron chi connectivity index (χ4n) is 2.12. The molecule has 1 heterocycles. The molecule has 0 radical (unpaired) electrons. The van der Waals surface area contributed by atoms with Crippen molar-refractivity contribution in [3.05, 3.63) is 41.6 Å².